The first kappa shape index (κ1) is 13.1. The zero-order valence-corrected chi connectivity index (χ0v) is 12.4. The number of nitrogens with one attached hydrogen (secondary N) is 1. The van der Waals surface area contributed by atoms with Gasteiger partial charge >= 0.3 is 0 Å². The van der Waals surface area contributed by atoms with Crippen LogP contribution in [0.2, 0.25) is 0 Å². The van der Waals surface area contributed by atoms with Gasteiger partial charge in [-0.05, 0) is 24.3 Å². The van der Waals surface area contributed by atoms with Crippen molar-refractivity contribution < 1.29 is 0 Å². The lowest BCUT2D eigenvalue weighted by molar-refractivity contribution is 0.671. The van der Waals surface area contributed by atoms with E-state index in [1.807, 2.05) is 13.1 Å². The molecule has 22 heavy (non-hydrogen) atoms. The largest absolute Gasteiger partial charge is 0.383 e. The van der Waals surface area contributed by atoms with Crippen molar-refractivity contribution in [3.8, 4) is 0 Å². The van der Waals surface area contributed by atoms with E-state index in [-0.39, 0.29) is 6.04 Å². The molecule has 2 aromatic heterocycles. The minimum atomic E-state index is 0.228. The van der Waals surface area contributed by atoms with Crippen molar-refractivity contribution in [2.75, 3.05) is 11.1 Å². The van der Waals surface area contributed by atoms with Gasteiger partial charge in [-0.3, -0.25) is 4.68 Å². The average molecular weight is 294 g/mol. The van der Waals surface area contributed by atoms with Gasteiger partial charge in [0.15, 0.2) is 5.65 Å². The molecule has 1 fully saturated rings. The molecule has 2 heterocycles. The summed E-state index contributed by atoms with van der Waals surface area (Å²) in [6.45, 7) is 0. The van der Waals surface area contributed by atoms with Crippen LogP contribution in [0.15, 0.2) is 36.5 Å². The van der Waals surface area contributed by atoms with Crippen LogP contribution in [0.1, 0.15) is 24.4 Å². The van der Waals surface area contributed by atoms with E-state index < -0.39 is 0 Å². The van der Waals surface area contributed by atoms with Gasteiger partial charge < -0.3 is 11.1 Å². The van der Waals surface area contributed by atoms with E-state index in [2.05, 4.69) is 44.6 Å². The van der Waals surface area contributed by atoms with Crippen molar-refractivity contribution in [2.24, 2.45) is 13.0 Å². The molecule has 112 valence electrons. The highest BCUT2D eigenvalue weighted by molar-refractivity contribution is 5.86. The van der Waals surface area contributed by atoms with E-state index in [1.54, 1.807) is 10.9 Å². The quantitative estimate of drug-likeness (QED) is 0.772. The third-order valence-corrected chi connectivity index (χ3v) is 4.16. The number of nitrogens with two attached hydrogens (primary N) is 1. The number of aryl methyl sites for hydroxylation is 1. The second kappa shape index (κ2) is 4.98. The maximum absolute atomic E-state index is 6.03. The van der Waals surface area contributed by atoms with Gasteiger partial charge in [0.25, 0.3) is 0 Å². The lowest BCUT2D eigenvalue weighted by atomic mass is 10.0. The molecule has 0 spiro atoms. The van der Waals surface area contributed by atoms with Crippen molar-refractivity contribution in [1.29, 1.82) is 0 Å². The number of nitrogens with zero attached hydrogens (tertiary/aromatic N) is 4. The minimum absolute atomic E-state index is 0.228. The van der Waals surface area contributed by atoms with E-state index >= 15 is 0 Å². The van der Waals surface area contributed by atoms with E-state index in [0.29, 0.717) is 17.7 Å². The zero-order valence-electron chi connectivity index (χ0n) is 12.4. The monoisotopic (exact) mass is 294 g/mol. The number of anilines is 2. The molecule has 1 saturated carbocycles. The molecule has 0 amide bonds. The zero-order chi connectivity index (χ0) is 15.1. The Kier molecular flexibility index (Phi) is 2.96. The molecule has 1 aliphatic carbocycles. The Bertz CT molecular complexity index is 806. The predicted octanol–water partition coefficient (Wildman–Crippen LogP) is 2.51. The van der Waals surface area contributed by atoms with Crippen LogP contribution in [-0.4, -0.2) is 19.7 Å². The number of fused-ring (bicyclic) bond motifs is 1. The Hall–Kier alpha value is -2.63. The summed E-state index contributed by atoms with van der Waals surface area (Å²) in [5, 5.41) is 8.44. The Morgan fingerprint density at radius 2 is 2.00 bits per heavy atom. The topological polar surface area (TPSA) is 81.7 Å². The fraction of sp³-hybridized carbons (Fsp3) is 0.312. The fourth-order valence-corrected chi connectivity index (χ4v) is 2.81. The number of benzene rings is 1. The first-order valence-corrected chi connectivity index (χ1v) is 7.49. The maximum atomic E-state index is 6.03. The van der Waals surface area contributed by atoms with E-state index in [1.165, 1.54) is 18.4 Å². The van der Waals surface area contributed by atoms with Gasteiger partial charge in [0.05, 0.1) is 17.6 Å². The summed E-state index contributed by atoms with van der Waals surface area (Å²) < 4.78 is 1.72. The molecular formula is C16H18N6. The Morgan fingerprint density at radius 3 is 2.73 bits per heavy atom. The molecule has 6 heteroatoms. The highest BCUT2D eigenvalue weighted by Gasteiger charge is 2.32. The van der Waals surface area contributed by atoms with Crippen molar-refractivity contribution in [3.63, 3.8) is 0 Å². The molecule has 1 unspecified atom stereocenters. The van der Waals surface area contributed by atoms with Gasteiger partial charge in [-0.15, -0.1) is 0 Å². The molecule has 0 radical (unpaired) electrons. The molecular weight excluding hydrogens is 276 g/mol. The standard InChI is InChI=1S/C16H18N6/c1-22-15-12(9-18-22)14(17)20-16(21-15)19-13(11-7-8-11)10-5-3-2-4-6-10/h2-6,9,11,13H,7-8H2,1H3,(H3,17,19,20,21). The average Bonchev–Trinajstić information content (AvgIpc) is 3.30. The van der Waals surface area contributed by atoms with Crippen molar-refractivity contribution in [1.82, 2.24) is 19.7 Å². The van der Waals surface area contributed by atoms with Gasteiger partial charge in [0.2, 0.25) is 5.95 Å². The molecule has 1 aliphatic rings. The molecule has 6 nitrogen and oxygen atoms in total. The van der Waals surface area contributed by atoms with Crippen LogP contribution in [0.25, 0.3) is 11.0 Å². The number of nitrogen functional groups attached to an aromatic ring is 1. The first-order valence-electron chi connectivity index (χ1n) is 7.49. The van der Waals surface area contributed by atoms with Crippen LogP contribution < -0.4 is 11.1 Å². The Morgan fingerprint density at radius 1 is 1.23 bits per heavy atom. The minimum Gasteiger partial charge on any atom is -0.383 e. The molecule has 1 aromatic carbocycles. The normalized spacial score (nSPS) is 15.9. The van der Waals surface area contributed by atoms with Crippen molar-refractivity contribution >= 4 is 22.8 Å². The smallest absolute Gasteiger partial charge is 0.227 e. The summed E-state index contributed by atoms with van der Waals surface area (Å²) in [4.78, 5) is 8.96. The van der Waals surface area contributed by atoms with E-state index in [0.717, 1.165) is 11.0 Å². The van der Waals surface area contributed by atoms with Crippen LogP contribution in [0, 0.1) is 5.92 Å². The molecule has 0 saturated heterocycles. The van der Waals surface area contributed by atoms with Gasteiger partial charge in [0, 0.05) is 7.05 Å². The van der Waals surface area contributed by atoms with Crippen LogP contribution >= 0.6 is 0 Å². The number of hydrogen-bond acceptors (Lipinski definition) is 5. The van der Waals surface area contributed by atoms with Crippen LogP contribution in [0.5, 0.6) is 0 Å². The van der Waals surface area contributed by atoms with Crippen molar-refractivity contribution in [2.45, 2.75) is 18.9 Å². The molecule has 1 atom stereocenters. The second-order valence-corrected chi connectivity index (χ2v) is 5.81. The maximum Gasteiger partial charge on any atom is 0.227 e. The predicted molar refractivity (Wildman–Crippen MR) is 86.2 cm³/mol. The van der Waals surface area contributed by atoms with Crippen LogP contribution in [0.4, 0.5) is 11.8 Å². The summed E-state index contributed by atoms with van der Waals surface area (Å²) in [5.41, 5.74) is 8.04. The van der Waals surface area contributed by atoms with E-state index in [9.17, 15) is 0 Å². The van der Waals surface area contributed by atoms with Crippen LogP contribution in [-0.2, 0) is 7.05 Å². The molecule has 0 aliphatic heterocycles. The van der Waals surface area contributed by atoms with Gasteiger partial charge in [0.1, 0.15) is 5.82 Å². The summed E-state index contributed by atoms with van der Waals surface area (Å²) in [5.74, 6) is 1.66. The van der Waals surface area contributed by atoms with Gasteiger partial charge in [-0.2, -0.15) is 15.1 Å². The summed E-state index contributed by atoms with van der Waals surface area (Å²) in [7, 11) is 1.86. The van der Waals surface area contributed by atoms with Gasteiger partial charge in [-0.1, -0.05) is 30.3 Å². The molecule has 3 N–H and O–H groups in total. The highest BCUT2D eigenvalue weighted by atomic mass is 15.3. The second-order valence-electron chi connectivity index (χ2n) is 5.81. The summed E-state index contributed by atoms with van der Waals surface area (Å²) in [6.07, 6.45) is 4.16. The molecule has 3 aromatic rings. The number of hydrogen-bond donors (Lipinski definition) is 2. The Balaban J connectivity index is 1.70. The number of aromatic nitrogens is 4. The van der Waals surface area contributed by atoms with Gasteiger partial charge in [-0.25, -0.2) is 0 Å². The lowest BCUT2D eigenvalue weighted by Crippen LogP contribution is -2.15. The third-order valence-electron chi connectivity index (χ3n) is 4.16. The number of rotatable bonds is 4. The van der Waals surface area contributed by atoms with E-state index in [4.69, 9.17) is 5.73 Å². The lowest BCUT2D eigenvalue weighted by Gasteiger charge is -2.19. The molecule has 0 bridgehead atoms. The SMILES string of the molecule is Cn1ncc2c(N)nc(NC(c3ccccc3)C3CC3)nc21. The third kappa shape index (κ3) is 2.26. The first-order chi connectivity index (χ1) is 10.7. The molecule has 4 rings (SSSR count). The summed E-state index contributed by atoms with van der Waals surface area (Å²) >= 11 is 0. The highest BCUT2D eigenvalue weighted by Crippen LogP contribution is 2.42. The van der Waals surface area contributed by atoms with Crippen molar-refractivity contribution in [3.05, 3.63) is 42.1 Å². The fourth-order valence-electron chi connectivity index (χ4n) is 2.81. The van der Waals surface area contributed by atoms with Crippen LogP contribution in [0.3, 0.4) is 0 Å². The Labute approximate surface area is 128 Å². The summed E-state index contributed by atoms with van der Waals surface area (Å²) in [6, 6.07) is 10.7.